The van der Waals surface area contributed by atoms with Crippen LogP contribution in [0.5, 0.6) is 23.0 Å². The maximum absolute atomic E-state index is 12.7. The van der Waals surface area contributed by atoms with Crippen LogP contribution in [-0.4, -0.2) is 25.4 Å². The summed E-state index contributed by atoms with van der Waals surface area (Å²) in [5, 5.41) is 2.73. The highest BCUT2D eigenvalue weighted by atomic mass is 19.3. The van der Waals surface area contributed by atoms with E-state index in [-0.39, 0.29) is 11.5 Å². The molecule has 2 aromatic carbocycles. The van der Waals surface area contributed by atoms with Gasteiger partial charge < -0.3 is 24.3 Å². The number of carbonyl (C=O) groups excluding carboxylic acids is 1. The van der Waals surface area contributed by atoms with Crippen LogP contribution < -0.4 is 24.3 Å². The molecule has 30 heavy (non-hydrogen) atoms. The Morgan fingerprint density at radius 1 is 1.17 bits per heavy atom. The minimum Gasteiger partial charge on any atom is -0.493 e. The molecule has 1 N–H and O–H groups in total. The SMILES string of the molecule is COc1cccc(/C=C/C(=O)Nc2ccc3c(c2)OC2(CCCC2)O3)c1OC(F)F. The second-order valence-corrected chi connectivity index (χ2v) is 7.06. The van der Waals surface area contributed by atoms with E-state index < -0.39 is 18.3 Å². The molecule has 1 aliphatic heterocycles. The van der Waals surface area contributed by atoms with Gasteiger partial charge in [0.05, 0.1) is 7.11 Å². The van der Waals surface area contributed by atoms with Gasteiger partial charge in [-0.15, -0.1) is 0 Å². The first-order chi connectivity index (χ1) is 14.5. The molecule has 1 heterocycles. The van der Waals surface area contributed by atoms with Crippen LogP contribution in [0.2, 0.25) is 0 Å². The van der Waals surface area contributed by atoms with Crippen LogP contribution in [0.4, 0.5) is 14.5 Å². The van der Waals surface area contributed by atoms with Gasteiger partial charge in [-0.05, 0) is 37.1 Å². The van der Waals surface area contributed by atoms with Crippen LogP contribution in [0.3, 0.4) is 0 Å². The topological polar surface area (TPSA) is 66.0 Å². The van der Waals surface area contributed by atoms with Gasteiger partial charge in [0.1, 0.15) is 0 Å². The molecule has 0 unspecified atom stereocenters. The van der Waals surface area contributed by atoms with Gasteiger partial charge in [0, 0.05) is 36.2 Å². The summed E-state index contributed by atoms with van der Waals surface area (Å²) in [4.78, 5) is 12.3. The van der Waals surface area contributed by atoms with Crippen LogP contribution in [0.1, 0.15) is 31.2 Å². The average Bonchev–Trinajstić information content (AvgIpc) is 3.32. The molecule has 0 aromatic heterocycles. The normalized spacial score (nSPS) is 16.4. The van der Waals surface area contributed by atoms with E-state index in [2.05, 4.69) is 10.1 Å². The molecule has 0 atom stereocenters. The minimum absolute atomic E-state index is 0.135. The van der Waals surface area contributed by atoms with E-state index in [9.17, 15) is 13.6 Å². The largest absolute Gasteiger partial charge is 0.493 e. The van der Waals surface area contributed by atoms with Crippen molar-refractivity contribution in [3.8, 4) is 23.0 Å². The fourth-order valence-corrected chi connectivity index (χ4v) is 3.68. The molecule has 0 saturated heterocycles. The Balaban J connectivity index is 1.45. The van der Waals surface area contributed by atoms with Gasteiger partial charge in [-0.3, -0.25) is 4.79 Å². The van der Waals surface area contributed by atoms with Crippen LogP contribution >= 0.6 is 0 Å². The molecule has 1 saturated carbocycles. The summed E-state index contributed by atoms with van der Waals surface area (Å²) >= 11 is 0. The van der Waals surface area contributed by atoms with Gasteiger partial charge >= 0.3 is 6.61 Å². The molecule has 1 fully saturated rings. The number of alkyl halides is 2. The molecule has 6 nitrogen and oxygen atoms in total. The van der Waals surface area contributed by atoms with E-state index in [1.165, 1.54) is 25.3 Å². The van der Waals surface area contributed by atoms with Crippen molar-refractivity contribution in [2.24, 2.45) is 0 Å². The van der Waals surface area contributed by atoms with Gasteiger partial charge in [0.25, 0.3) is 5.79 Å². The first-order valence-electron chi connectivity index (χ1n) is 9.61. The Labute approximate surface area is 172 Å². The predicted molar refractivity (Wildman–Crippen MR) is 106 cm³/mol. The molecule has 1 aliphatic carbocycles. The molecule has 4 rings (SSSR count). The number of amides is 1. The van der Waals surface area contributed by atoms with Gasteiger partial charge in [-0.1, -0.05) is 12.1 Å². The van der Waals surface area contributed by atoms with Gasteiger partial charge in [-0.2, -0.15) is 8.78 Å². The smallest absolute Gasteiger partial charge is 0.387 e. The number of hydrogen-bond donors (Lipinski definition) is 1. The Morgan fingerprint density at radius 2 is 1.93 bits per heavy atom. The van der Waals surface area contributed by atoms with E-state index in [4.69, 9.17) is 14.2 Å². The number of anilines is 1. The molecule has 8 heteroatoms. The first kappa shape index (κ1) is 20.0. The second kappa shape index (κ2) is 8.22. The third-order valence-electron chi connectivity index (χ3n) is 5.02. The van der Waals surface area contributed by atoms with Crippen LogP contribution in [0, 0.1) is 0 Å². The summed E-state index contributed by atoms with van der Waals surface area (Å²) in [5.41, 5.74) is 0.829. The summed E-state index contributed by atoms with van der Waals surface area (Å²) in [6.45, 7) is -3.01. The molecule has 2 aliphatic rings. The van der Waals surface area contributed by atoms with Crippen molar-refractivity contribution in [2.45, 2.75) is 38.1 Å². The fraction of sp³-hybridized carbons (Fsp3) is 0.318. The van der Waals surface area contributed by atoms with Crippen molar-refractivity contribution in [1.29, 1.82) is 0 Å². The van der Waals surface area contributed by atoms with E-state index >= 15 is 0 Å². The summed E-state index contributed by atoms with van der Waals surface area (Å²) in [6.07, 6.45) is 6.42. The Hall–Kier alpha value is -3.29. The Kier molecular flexibility index (Phi) is 5.48. The maximum Gasteiger partial charge on any atom is 0.387 e. The number of hydrogen-bond acceptors (Lipinski definition) is 5. The molecule has 0 bridgehead atoms. The van der Waals surface area contributed by atoms with E-state index in [1.54, 1.807) is 30.3 Å². The van der Waals surface area contributed by atoms with Crippen molar-refractivity contribution in [3.63, 3.8) is 0 Å². The standard InChI is InChI=1S/C22H21F2NO5/c1-27-17-6-4-5-14(20(17)28-21(23)24)7-10-19(26)25-15-8-9-16-18(13-15)30-22(29-16)11-2-3-12-22/h4-10,13,21H,2-3,11-12H2,1H3,(H,25,26)/b10-7+. The third kappa shape index (κ3) is 4.17. The van der Waals surface area contributed by atoms with Crippen molar-refractivity contribution < 1.29 is 32.5 Å². The molecular formula is C22H21F2NO5. The number of benzene rings is 2. The quantitative estimate of drug-likeness (QED) is 0.671. The number of fused-ring (bicyclic) bond motifs is 1. The Bertz CT molecular complexity index is 970. The fourth-order valence-electron chi connectivity index (χ4n) is 3.68. The summed E-state index contributed by atoms with van der Waals surface area (Å²) in [5.74, 6) is 0.265. The van der Waals surface area contributed by atoms with Gasteiger partial charge in [0.15, 0.2) is 23.0 Å². The molecule has 0 radical (unpaired) electrons. The number of rotatable bonds is 6. The van der Waals surface area contributed by atoms with Crippen LogP contribution in [-0.2, 0) is 4.79 Å². The van der Waals surface area contributed by atoms with Crippen molar-refractivity contribution in [2.75, 3.05) is 12.4 Å². The number of nitrogens with one attached hydrogen (secondary N) is 1. The zero-order chi connectivity index (χ0) is 21.1. The van der Waals surface area contributed by atoms with Crippen molar-refractivity contribution >= 4 is 17.7 Å². The third-order valence-corrected chi connectivity index (χ3v) is 5.02. The average molecular weight is 417 g/mol. The summed E-state index contributed by atoms with van der Waals surface area (Å²) < 4.78 is 47.0. The molecule has 1 amide bonds. The Morgan fingerprint density at radius 3 is 2.67 bits per heavy atom. The number of ether oxygens (including phenoxy) is 4. The number of para-hydroxylation sites is 1. The summed E-state index contributed by atoms with van der Waals surface area (Å²) in [7, 11) is 1.35. The lowest BCUT2D eigenvalue weighted by Gasteiger charge is -2.21. The lowest BCUT2D eigenvalue weighted by molar-refractivity contribution is -0.111. The molecule has 1 spiro atoms. The summed E-state index contributed by atoms with van der Waals surface area (Å²) in [6, 6.07) is 9.86. The van der Waals surface area contributed by atoms with Crippen LogP contribution in [0.25, 0.3) is 6.08 Å². The van der Waals surface area contributed by atoms with E-state index in [0.717, 1.165) is 25.7 Å². The first-order valence-corrected chi connectivity index (χ1v) is 9.61. The minimum atomic E-state index is -3.01. The zero-order valence-corrected chi connectivity index (χ0v) is 16.3. The highest BCUT2D eigenvalue weighted by Gasteiger charge is 2.44. The lowest BCUT2D eigenvalue weighted by Crippen LogP contribution is -2.34. The number of methoxy groups -OCH3 is 1. The van der Waals surface area contributed by atoms with Crippen LogP contribution in [0.15, 0.2) is 42.5 Å². The highest BCUT2D eigenvalue weighted by Crippen LogP contribution is 2.47. The molecular weight excluding hydrogens is 396 g/mol. The number of halogens is 2. The predicted octanol–water partition coefficient (Wildman–Crippen LogP) is 4.99. The zero-order valence-electron chi connectivity index (χ0n) is 16.3. The lowest BCUT2D eigenvalue weighted by atomic mass is 10.1. The van der Waals surface area contributed by atoms with Crippen molar-refractivity contribution in [3.05, 3.63) is 48.0 Å². The van der Waals surface area contributed by atoms with Gasteiger partial charge in [-0.25, -0.2) is 0 Å². The number of carbonyl (C=O) groups is 1. The van der Waals surface area contributed by atoms with E-state index in [0.29, 0.717) is 22.7 Å². The van der Waals surface area contributed by atoms with Crippen molar-refractivity contribution in [1.82, 2.24) is 0 Å². The molecule has 2 aromatic rings. The maximum atomic E-state index is 12.7. The van der Waals surface area contributed by atoms with E-state index in [1.807, 2.05) is 0 Å². The molecule has 158 valence electrons. The second-order valence-electron chi connectivity index (χ2n) is 7.06. The highest BCUT2D eigenvalue weighted by molar-refractivity contribution is 6.02. The van der Waals surface area contributed by atoms with Gasteiger partial charge in [0.2, 0.25) is 5.91 Å². The monoisotopic (exact) mass is 417 g/mol.